The molecule has 27 heavy (non-hydrogen) atoms. The van der Waals surface area contributed by atoms with Crippen molar-refractivity contribution < 1.29 is 9.32 Å². The fraction of sp³-hybridized carbons (Fsp3) is 0.545. The summed E-state index contributed by atoms with van der Waals surface area (Å²) in [4.78, 5) is 18.3. The fourth-order valence-electron chi connectivity index (χ4n) is 5.65. The van der Waals surface area contributed by atoms with Crippen LogP contribution >= 0.6 is 0 Å². The molecule has 5 heterocycles. The van der Waals surface area contributed by atoms with E-state index in [1.165, 1.54) is 31.5 Å². The maximum absolute atomic E-state index is 13.5. The van der Waals surface area contributed by atoms with Gasteiger partial charge in [-0.3, -0.25) is 9.69 Å². The number of aryl methyl sites for hydroxylation is 1. The van der Waals surface area contributed by atoms with Crippen LogP contribution in [0.25, 0.3) is 0 Å². The Labute approximate surface area is 160 Å². The summed E-state index contributed by atoms with van der Waals surface area (Å²) in [5.41, 5.74) is 2.02. The Kier molecular flexibility index (Phi) is 4.27. The molecule has 5 nitrogen and oxygen atoms in total. The van der Waals surface area contributed by atoms with Gasteiger partial charge in [-0.05, 0) is 43.8 Å². The molecule has 1 aromatic heterocycles. The van der Waals surface area contributed by atoms with Crippen LogP contribution in [0.15, 0.2) is 41.1 Å². The second kappa shape index (κ2) is 6.79. The summed E-state index contributed by atoms with van der Waals surface area (Å²) in [5, 5.41) is 3.93. The Balaban J connectivity index is 1.51. The number of amides is 1. The number of carbonyl (C=O) groups is 1. The molecule has 1 amide bonds. The van der Waals surface area contributed by atoms with Crippen molar-refractivity contribution in [1.82, 2.24) is 15.0 Å². The zero-order valence-electron chi connectivity index (χ0n) is 15.9. The second-order valence-corrected chi connectivity index (χ2v) is 8.24. The highest BCUT2D eigenvalue weighted by Gasteiger charge is 2.54. The first-order valence-corrected chi connectivity index (χ1v) is 10.3. The van der Waals surface area contributed by atoms with Crippen molar-refractivity contribution in [2.45, 2.75) is 50.6 Å². The number of piperidine rings is 3. The number of benzene rings is 1. The number of hydrogen-bond acceptors (Lipinski definition) is 4. The van der Waals surface area contributed by atoms with Crippen LogP contribution < -0.4 is 0 Å². The van der Waals surface area contributed by atoms with E-state index < -0.39 is 0 Å². The summed E-state index contributed by atoms with van der Waals surface area (Å²) in [6, 6.07) is 11.5. The average molecular weight is 365 g/mol. The highest BCUT2D eigenvalue weighted by molar-refractivity contribution is 5.95. The third kappa shape index (κ3) is 2.71. The lowest BCUT2D eigenvalue weighted by Gasteiger charge is -2.51. The highest BCUT2D eigenvalue weighted by atomic mass is 16.5. The first kappa shape index (κ1) is 17.0. The van der Waals surface area contributed by atoms with Gasteiger partial charge in [0.05, 0.1) is 12.2 Å². The molecule has 5 heteroatoms. The topological polar surface area (TPSA) is 49.6 Å². The van der Waals surface area contributed by atoms with Gasteiger partial charge in [0, 0.05) is 24.9 Å². The van der Waals surface area contributed by atoms with Crippen LogP contribution in [0.2, 0.25) is 0 Å². The first-order valence-electron chi connectivity index (χ1n) is 10.3. The molecule has 4 saturated heterocycles. The van der Waals surface area contributed by atoms with Crippen molar-refractivity contribution in [3.63, 3.8) is 0 Å². The van der Waals surface area contributed by atoms with Gasteiger partial charge in [-0.1, -0.05) is 42.4 Å². The predicted octanol–water partition coefficient (Wildman–Crippen LogP) is 3.33. The molecular weight excluding hydrogens is 338 g/mol. The quantitative estimate of drug-likeness (QED) is 0.834. The van der Waals surface area contributed by atoms with Crippen molar-refractivity contribution in [2.75, 3.05) is 19.6 Å². The summed E-state index contributed by atoms with van der Waals surface area (Å²) in [5.74, 6) is 1.86. The minimum Gasteiger partial charge on any atom is -0.361 e. The molecular formula is C22H27N3O2. The Morgan fingerprint density at radius 3 is 2.70 bits per heavy atom. The molecule has 0 spiro atoms. The van der Waals surface area contributed by atoms with Gasteiger partial charge in [0.15, 0.2) is 0 Å². The first-order chi connectivity index (χ1) is 13.3. The maximum Gasteiger partial charge on any atom is 0.259 e. The van der Waals surface area contributed by atoms with Gasteiger partial charge in [-0.25, -0.2) is 0 Å². The summed E-state index contributed by atoms with van der Waals surface area (Å²) >= 11 is 0. The van der Waals surface area contributed by atoms with E-state index in [9.17, 15) is 4.79 Å². The molecule has 4 fully saturated rings. The number of nitrogens with zero attached hydrogens (tertiary/aromatic N) is 3. The van der Waals surface area contributed by atoms with E-state index in [1.807, 2.05) is 0 Å². The van der Waals surface area contributed by atoms with Gasteiger partial charge in [0.2, 0.25) is 0 Å². The summed E-state index contributed by atoms with van der Waals surface area (Å²) in [6.45, 7) is 5.24. The van der Waals surface area contributed by atoms with Gasteiger partial charge in [0.25, 0.3) is 5.91 Å². The zero-order chi connectivity index (χ0) is 18.4. The number of rotatable bonds is 4. The molecule has 6 rings (SSSR count). The molecule has 0 unspecified atom stereocenters. The molecule has 0 N–H and O–H groups in total. The molecule has 4 aliphatic rings. The molecule has 3 atom stereocenters. The van der Waals surface area contributed by atoms with Crippen molar-refractivity contribution in [2.24, 2.45) is 5.92 Å². The van der Waals surface area contributed by atoms with Crippen LogP contribution in [-0.2, 0) is 6.42 Å². The highest BCUT2D eigenvalue weighted by Crippen LogP contribution is 2.47. The van der Waals surface area contributed by atoms with Gasteiger partial charge in [-0.2, -0.15) is 0 Å². The minimum atomic E-state index is 0.113. The largest absolute Gasteiger partial charge is 0.361 e. The summed E-state index contributed by atoms with van der Waals surface area (Å²) in [6.07, 6.45) is 5.75. The summed E-state index contributed by atoms with van der Waals surface area (Å²) in [7, 11) is 0. The third-order valence-corrected chi connectivity index (χ3v) is 6.84. The van der Waals surface area contributed by atoms with Crippen molar-refractivity contribution in [3.05, 3.63) is 53.4 Å². The van der Waals surface area contributed by atoms with Gasteiger partial charge in [-0.15, -0.1) is 0 Å². The molecule has 0 radical (unpaired) electrons. The molecule has 2 bridgehead atoms. The standard InChI is InChI=1S/C22H27N3O2/c1-2-6-19-17(13-23-27-19)22(26)25-14-18(15-7-4-3-5-8-15)21-20(25)16-9-11-24(21)12-10-16/h3-5,7-8,13,16,18,20-21H,2,6,9-12,14H2,1H3/t18-,20+,21+/m1/s1. The SMILES string of the molecule is CCCc1oncc1C(=O)N1C[C@H](c2ccccc2)[C@H]2[C@@H]1C1CCN2CC1. The zero-order valence-corrected chi connectivity index (χ0v) is 15.9. The number of hydrogen-bond donors (Lipinski definition) is 0. The lowest BCUT2D eigenvalue weighted by atomic mass is 9.75. The lowest BCUT2D eigenvalue weighted by molar-refractivity contribution is -0.00347. The maximum atomic E-state index is 13.5. The van der Waals surface area contributed by atoms with Crippen LogP contribution in [0, 0.1) is 5.92 Å². The van der Waals surface area contributed by atoms with Crippen molar-refractivity contribution in [3.8, 4) is 0 Å². The van der Waals surface area contributed by atoms with E-state index in [0.29, 0.717) is 29.5 Å². The molecule has 4 aliphatic heterocycles. The number of carbonyl (C=O) groups excluding carboxylic acids is 1. The minimum absolute atomic E-state index is 0.113. The molecule has 0 saturated carbocycles. The Hall–Kier alpha value is -2.14. The van der Waals surface area contributed by atoms with E-state index >= 15 is 0 Å². The van der Waals surface area contributed by atoms with E-state index in [-0.39, 0.29) is 5.91 Å². The predicted molar refractivity (Wildman–Crippen MR) is 103 cm³/mol. The Morgan fingerprint density at radius 2 is 1.96 bits per heavy atom. The lowest BCUT2D eigenvalue weighted by Crippen LogP contribution is -2.60. The molecule has 142 valence electrons. The number of aromatic nitrogens is 1. The smallest absolute Gasteiger partial charge is 0.259 e. The van der Waals surface area contributed by atoms with E-state index in [1.54, 1.807) is 6.20 Å². The Morgan fingerprint density at radius 1 is 1.19 bits per heavy atom. The summed E-state index contributed by atoms with van der Waals surface area (Å²) < 4.78 is 5.39. The van der Waals surface area contributed by atoms with E-state index in [0.717, 1.165) is 25.1 Å². The van der Waals surface area contributed by atoms with Gasteiger partial charge in [0.1, 0.15) is 11.3 Å². The van der Waals surface area contributed by atoms with E-state index in [2.05, 4.69) is 52.2 Å². The third-order valence-electron chi connectivity index (χ3n) is 6.84. The van der Waals surface area contributed by atoms with Gasteiger partial charge >= 0.3 is 0 Å². The van der Waals surface area contributed by atoms with Crippen molar-refractivity contribution in [1.29, 1.82) is 0 Å². The van der Waals surface area contributed by atoms with Crippen LogP contribution in [0.3, 0.4) is 0 Å². The average Bonchev–Trinajstić information content (AvgIpc) is 3.35. The van der Waals surface area contributed by atoms with Crippen LogP contribution in [0.1, 0.15) is 53.8 Å². The molecule has 0 aliphatic carbocycles. The molecule has 2 aromatic rings. The van der Waals surface area contributed by atoms with Crippen molar-refractivity contribution >= 4 is 5.91 Å². The monoisotopic (exact) mass is 365 g/mol. The number of fused-ring (bicyclic) bond motifs is 2. The normalized spacial score (nSPS) is 31.9. The Bertz CT molecular complexity index is 810. The van der Waals surface area contributed by atoms with E-state index in [4.69, 9.17) is 4.52 Å². The van der Waals surface area contributed by atoms with Gasteiger partial charge < -0.3 is 9.42 Å². The van der Waals surface area contributed by atoms with Crippen LogP contribution in [0.4, 0.5) is 0 Å². The number of likely N-dealkylation sites (tertiary alicyclic amines) is 1. The molecule has 1 aromatic carbocycles. The van der Waals surface area contributed by atoms with Crippen LogP contribution in [0.5, 0.6) is 0 Å². The fourth-order valence-corrected chi connectivity index (χ4v) is 5.65. The second-order valence-electron chi connectivity index (χ2n) is 8.24. The van der Waals surface area contributed by atoms with Crippen LogP contribution in [-0.4, -0.2) is 52.6 Å².